The molecule has 0 N–H and O–H groups in total. The van der Waals surface area contributed by atoms with Crippen LogP contribution in [0.3, 0.4) is 0 Å². The van der Waals surface area contributed by atoms with Crippen LogP contribution in [0.2, 0.25) is 0 Å². The highest BCUT2D eigenvalue weighted by molar-refractivity contribution is 5.90. The van der Waals surface area contributed by atoms with Crippen LogP contribution in [0, 0.1) is 11.3 Å². The van der Waals surface area contributed by atoms with E-state index < -0.39 is 5.97 Å². The van der Waals surface area contributed by atoms with Gasteiger partial charge < -0.3 is 4.74 Å². The van der Waals surface area contributed by atoms with Crippen LogP contribution in [0.5, 0.6) is 0 Å². The molecule has 0 aliphatic carbocycles. The van der Waals surface area contributed by atoms with Crippen molar-refractivity contribution >= 4 is 5.97 Å². The summed E-state index contributed by atoms with van der Waals surface area (Å²) in [5.41, 5.74) is 4.00. The molecule has 0 atom stereocenters. The Bertz CT molecular complexity index is 947. The Labute approximate surface area is 145 Å². The molecule has 0 aliphatic heterocycles. The van der Waals surface area contributed by atoms with Crippen LogP contribution in [0.1, 0.15) is 22.8 Å². The number of hydrogen-bond donors (Lipinski definition) is 0. The first-order chi connectivity index (χ1) is 12.2. The van der Waals surface area contributed by atoms with Crippen molar-refractivity contribution in [2.75, 3.05) is 6.61 Å². The first-order valence-electron chi connectivity index (χ1n) is 7.81. The molecule has 0 radical (unpaired) electrons. The predicted octanol–water partition coefficient (Wildman–Crippen LogP) is 3.86. The number of nitriles is 1. The first kappa shape index (κ1) is 16.3. The molecule has 2 aromatic heterocycles. The highest BCUT2D eigenvalue weighted by Crippen LogP contribution is 2.27. The summed E-state index contributed by atoms with van der Waals surface area (Å²) in [6.07, 6.45) is 4.97. The van der Waals surface area contributed by atoms with Crippen LogP contribution >= 0.6 is 0 Å². The Hall–Kier alpha value is -3.52. The smallest absolute Gasteiger partial charge is 0.338 e. The SMILES string of the molecule is CCOC(=O)c1ccnc(-c2ccc(-c3cccnc3)c(C#N)c2)c1. The third-order valence-corrected chi connectivity index (χ3v) is 3.68. The van der Waals surface area contributed by atoms with Crippen molar-refractivity contribution in [2.45, 2.75) is 6.92 Å². The standard InChI is InChI=1S/C20H15N3O2/c1-2-25-20(24)15-7-9-23-19(11-15)14-5-6-18(17(10-14)12-21)16-4-3-8-22-13-16/h3-11,13H,2H2,1H3. The Kier molecular flexibility index (Phi) is 4.82. The van der Waals surface area contributed by atoms with E-state index in [1.807, 2.05) is 24.3 Å². The lowest BCUT2D eigenvalue weighted by Crippen LogP contribution is -2.05. The summed E-state index contributed by atoms with van der Waals surface area (Å²) in [6.45, 7) is 2.07. The average Bonchev–Trinajstić information content (AvgIpc) is 2.68. The minimum atomic E-state index is -0.390. The van der Waals surface area contributed by atoms with Gasteiger partial charge in [0.05, 0.1) is 29.5 Å². The zero-order valence-corrected chi connectivity index (χ0v) is 13.6. The summed E-state index contributed by atoms with van der Waals surface area (Å²) in [4.78, 5) is 20.3. The second kappa shape index (κ2) is 7.37. The van der Waals surface area contributed by atoms with Crippen molar-refractivity contribution in [3.8, 4) is 28.5 Å². The largest absolute Gasteiger partial charge is 0.462 e. The Balaban J connectivity index is 2.01. The molecule has 25 heavy (non-hydrogen) atoms. The van der Waals surface area contributed by atoms with Crippen LogP contribution in [0.4, 0.5) is 0 Å². The summed E-state index contributed by atoms with van der Waals surface area (Å²) in [5.74, 6) is -0.390. The monoisotopic (exact) mass is 329 g/mol. The number of aromatic nitrogens is 2. The maximum Gasteiger partial charge on any atom is 0.338 e. The van der Waals surface area contributed by atoms with Crippen molar-refractivity contribution in [3.05, 3.63) is 72.2 Å². The lowest BCUT2D eigenvalue weighted by atomic mass is 9.98. The van der Waals surface area contributed by atoms with Gasteiger partial charge in [-0.25, -0.2) is 4.79 Å². The molecule has 0 fully saturated rings. The number of carbonyl (C=O) groups excluding carboxylic acids is 1. The molecule has 122 valence electrons. The van der Waals surface area contributed by atoms with Crippen molar-refractivity contribution in [2.24, 2.45) is 0 Å². The molecule has 3 rings (SSSR count). The molecule has 5 nitrogen and oxygen atoms in total. The van der Waals surface area contributed by atoms with Gasteiger partial charge in [-0.15, -0.1) is 0 Å². The number of ether oxygens (including phenoxy) is 1. The first-order valence-corrected chi connectivity index (χ1v) is 7.81. The second-order valence-electron chi connectivity index (χ2n) is 5.26. The minimum absolute atomic E-state index is 0.314. The van der Waals surface area contributed by atoms with Crippen molar-refractivity contribution in [1.82, 2.24) is 9.97 Å². The summed E-state index contributed by atoms with van der Waals surface area (Å²) in [5, 5.41) is 9.50. The summed E-state index contributed by atoms with van der Waals surface area (Å²) < 4.78 is 5.01. The molecular formula is C20H15N3O2. The predicted molar refractivity (Wildman–Crippen MR) is 93.6 cm³/mol. The van der Waals surface area contributed by atoms with Gasteiger partial charge in [0.25, 0.3) is 0 Å². The van der Waals surface area contributed by atoms with Gasteiger partial charge in [0.15, 0.2) is 0 Å². The molecule has 0 unspecified atom stereocenters. The maximum absolute atomic E-state index is 11.9. The molecule has 1 aromatic carbocycles. The lowest BCUT2D eigenvalue weighted by molar-refractivity contribution is 0.0526. The van der Waals surface area contributed by atoms with E-state index in [2.05, 4.69) is 16.0 Å². The molecule has 0 aliphatic rings. The maximum atomic E-state index is 11.9. The van der Waals surface area contributed by atoms with E-state index in [9.17, 15) is 10.1 Å². The van der Waals surface area contributed by atoms with Gasteiger partial charge in [-0.05, 0) is 31.2 Å². The van der Waals surface area contributed by atoms with E-state index in [0.29, 0.717) is 23.4 Å². The molecular weight excluding hydrogens is 314 g/mol. The van der Waals surface area contributed by atoms with Gasteiger partial charge in [0.2, 0.25) is 0 Å². The third kappa shape index (κ3) is 3.54. The van der Waals surface area contributed by atoms with E-state index in [1.54, 1.807) is 43.7 Å². The fourth-order valence-corrected chi connectivity index (χ4v) is 2.50. The number of nitrogens with zero attached hydrogens (tertiary/aromatic N) is 3. The zero-order chi connectivity index (χ0) is 17.6. The van der Waals surface area contributed by atoms with Crippen molar-refractivity contribution in [3.63, 3.8) is 0 Å². The molecule has 0 saturated heterocycles. The van der Waals surface area contributed by atoms with E-state index in [1.165, 1.54) is 0 Å². The fraction of sp³-hybridized carbons (Fsp3) is 0.100. The molecule has 0 bridgehead atoms. The summed E-state index contributed by atoms with van der Waals surface area (Å²) in [7, 11) is 0. The van der Waals surface area contributed by atoms with Crippen LogP contribution in [0.25, 0.3) is 22.4 Å². The van der Waals surface area contributed by atoms with E-state index in [4.69, 9.17) is 4.74 Å². The Morgan fingerprint density at radius 1 is 1.16 bits per heavy atom. The van der Waals surface area contributed by atoms with Crippen molar-refractivity contribution in [1.29, 1.82) is 5.26 Å². The normalized spacial score (nSPS) is 10.1. The van der Waals surface area contributed by atoms with E-state index >= 15 is 0 Å². The average molecular weight is 329 g/mol. The van der Waals surface area contributed by atoms with Gasteiger partial charge in [-0.2, -0.15) is 5.26 Å². The Morgan fingerprint density at radius 2 is 2.04 bits per heavy atom. The van der Waals surface area contributed by atoms with Gasteiger partial charge in [-0.3, -0.25) is 9.97 Å². The summed E-state index contributed by atoms with van der Waals surface area (Å²) >= 11 is 0. The molecule has 0 spiro atoms. The number of esters is 1. The second-order valence-corrected chi connectivity index (χ2v) is 5.26. The number of pyridine rings is 2. The number of hydrogen-bond acceptors (Lipinski definition) is 5. The number of rotatable bonds is 4. The van der Waals surface area contributed by atoms with Crippen LogP contribution in [-0.2, 0) is 4.74 Å². The molecule has 2 heterocycles. The fourth-order valence-electron chi connectivity index (χ4n) is 2.50. The van der Waals surface area contributed by atoms with Crippen molar-refractivity contribution < 1.29 is 9.53 Å². The molecule has 0 amide bonds. The van der Waals surface area contributed by atoms with Gasteiger partial charge in [0.1, 0.15) is 0 Å². The number of benzene rings is 1. The van der Waals surface area contributed by atoms with Crippen LogP contribution in [0.15, 0.2) is 61.1 Å². The lowest BCUT2D eigenvalue weighted by Gasteiger charge is -2.08. The van der Waals surface area contributed by atoms with Gasteiger partial charge in [0, 0.05) is 35.3 Å². The Morgan fingerprint density at radius 3 is 2.76 bits per heavy atom. The topological polar surface area (TPSA) is 75.9 Å². The van der Waals surface area contributed by atoms with E-state index in [0.717, 1.165) is 16.7 Å². The highest BCUT2D eigenvalue weighted by Gasteiger charge is 2.11. The molecule has 3 aromatic rings. The molecule has 5 heteroatoms. The summed E-state index contributed by atoms with van der Waals surface area (Å²) in [6, 6.07) is 14.7. The third-order valence-electron chi connectivity index (χ3n) is 3.68. The van der Waals surface area contributed by atoms with Crippen LogP contribution < -0.4 is 0 Å². The molecule has 0 saturated carbocycles. The zero-order valence-electron chi connectivity index (χ0n) is 13.6. The van der Waals surface area contributed by atoms with E-state index in [-0.39, 0.29) is 0 Å². The van der Waals surface area contributed by atoms with Gasteiger partial charge >= 0.3 is 5.97 Å². The van der Waals surface area contributed by atoms with Crippen LogP contribution in [-0.4, -0.2) is 22.5 Å². The minimum Gasteiger partial charge on any atom is -0.462 e. The van der Waals surface area contributed by atoms with Gasteiger partial charge in [-0.1, -0.05) is 18.2 Å². The number of carbonyl (C=O) groups is 1. The quantitative estimate of drug-likeness (QED) is 0.679. The highest BCUT2D eigenvalue weighted by atomic mass is 16.5.